The summed E-state index contributed by atoms with van der Waals surface area (Å²) < 4.78 is 6.30. The third-order valence-corrected chi connectivity index (χ3v) is 7.18. The fraction of sp³-hybridized carbons (Fsp3) is 0.960. The van der Waals surface area contributed by atoms with Crippen molar-refractivity contribution in [3.05, 3.63) is 0 Å². The number of piperidine rings is 1. The van der Waals surface area contributed by atoms with Gasteiger partial charge in [0.15, 0.2) is 0 Å². The highest BCUT2D eigenvalue weighted by molar-refractivity contribution is 5.78. The lowest BCUT2D eigenvalue weighted by Crippen LogP contribution is -2.58. The lowest BCUT2D eigenvalue weighted by atomic mass is 9.88. The summed E-state index contributed by atoms with van der Waals surface area (Å²) in [6.45, 7) is 15.0. The molecule has 2 atom stereocenters. The molecule has 2 heterocycles. The number of carbonyl (C=O) groups is 1. The second-order valence-corrected chi connectivity index (χ2v) is 9.92. The summed E-state index contributed by atoms with van der Waals surface area (Å²) in [6, 6.07) is 0. The Morgan fingerprint density at radius 3 is 2.38 bits per heavy atom. The number of hydrogen-bond acceptors (Lipinski definition) is 3. The summed E-state index contributed by atoms with van der Waals surface area (Å²) in [7, 11) is 0. The molecule has 2 aliphatic rings. The predicted octanol–water partition coefficient (Wildman–Crippen LogP) is 5.50. The zero-order chi connectivity index (χ0) is 21.1. The Hall–Kier alpha value is -0.610. The first-order valence-corrected chi connectivity index (χ1v) is 12.6. The summed E-state index contributed by atoms with van der Waals surface area (Å²) in [5.74, 6) is 1.40. The van der Waals surface area contributed by atoms with Crippen LogP contribution in [0.2, 0.25) is 0 Å². The van der Waals surface area contributed by atoms with Gasteiger partial charge in [-0.25, -0.2) is 0 Å². The third kappa shape index (κ3) is 8.20. The minimum atomic E-state index is -0.00553. The molecule has 0 aromatic rings. The van der Waals surface area contributed by atoms with Crippen LogP contribution in [0, 0.1) is 11.8 Å². The molecular formula is C25H48N2O2. The Kier molecular flexibility index (Phi) is 11.0. The number of amides is 1. The molecule has 0 N–H and O–H groups in total. The minimum absolute atomic E-state index is 0.00553. The quantitative estimate of drug-likeness (QED) is 0.400. The molecule has 0 bridgehead atoms. The molecule has 2 fully saturated rings. The van der Waals surface area contributed by atoms with E-state index in [4.69, 9.17) is 4.74 Å². The van der Waals surface area contributed by atoms with Gasteiger partial charge in [-0.15, -0.1) is 0 Å². The third-order valence-electron chi connectivity index (χ3n) is 7.18. The molecule has 0 aromatic carbocycles. The fourth-order valence-corrected chi connectivity index (χ4v) is 5.16. The molecule has 1 amide bonds. The van der Waals surface area contributed by atoms with E-state index in [1.165, 1.54) is 57.9 Å². The molecule has 170 valence electrons. The number of ether oxygens (including phenoxy) is 1. The fourth-order valence-electron chi connectivity index (χ4n) is 5.16. The highest BCUT2D eigenvalue weighted by Gasteiger charge is 2.40. The zero-order valence-electron chi connectivity index (χ0n) is 19.9. The van der Waals surface area contributed by atoms with Crippen LogP contribution < -0.4 is 0 Å². The van der Waals surface area contributed by atoms with Crippen LogP contribution in [-0.2, 0) is 9.53 Å². The van der Waals surface area contributed by atoms with Crippen LogP contribution in [0.3, 0.4) is 0 Å². The van der Waals surface area contributed by atoms with Crippen molar-refractivity contribution in [3.8, 4) is 0 Å². The van der Waals surface area contributed by atoms with Crippen LogP contribution in [0.4, 0.5) is 0 Å². The summed E-state index contributed by atoms with van der Waals surface area (Å²) in [5.41, 5.74) is -0.00553. The second-order valence-electron chi connectivity index (χ2n) is 9.92. The lowest BCUT2D eigenvalue weighted by Gasteiger charge is -2.47. The summed E-state index contributed by atoms with van der Waals surface area (Å²) >= 11 is 0. The average molecular weight is 409 g/mol. The van der Waals surface area contributed by atoms with Crippen LogP contribution >= 0.6 is 0 Å². The number of morpholine rings is 1. The Labute approximate surface area is 180 Å². The molecule has 0 saturated carbocycles. The molecule has 2 rings (SSSR count). The van der Waals surface area contributed by atoms with Gasteiger partial charge in [0, 0.05) is 32.1 Å². The van der Waals surface area contributed by atoms with Gasteiger partial charge >= 0.3 is 0 Å². The first-order valence-electron chi connectivity index (χ1n) is 12.6. The molecule has 2 aliphatic heterocycles. The molecule has 4 nitrogen and oxygen atoms in total. The topological polar surface area (TPSA) is 32.8 Å². The van der Waals surface area contributed by atoms with E-state index < -0.39 is 0 Å². The van der Waals surface area contributed by atoms with Gasteiger partial charge in [0.2, 0.25) is 5.91 Å². The number of rotatable bonds is 12. The molecular weight excluding hydrogens is 360 g/mol. The van der Waals surface area contributed by atoms with E-state index in [0.717, 1.165) is 58.0 Å². The van der Waals surface area contributed by atoms with E-state index >= 15 is 0 Å². The van der Waals surface area contributed by atoms with Crippen LogP contribution in [0.1, 0.15) is 98.3 Å². The maximum absolute atomic E-state index is 12.8. The van der Waals surface area contributed by atoms with Gasteiger partial charge in [0.05, 0.1) is 12.2 Å². The first-order chi connectivity index (χ1) is 14.0. The Morgan fingerprint density at radius 1 is 0.931 bits per heavy atom. The van der Waals surface area contributed by atoms with E-state index in [1.54, 1.807) is 0 Å². The van der Waals surface area contributed by atoms with Gasteiger partial charge < -0.3 is 9.64 Å². The Bertz CT molecular complexity index is 460. The number of likely N-dealkylation sites (tertiary alicyclic amines) is 1. The van der Waals surface area contributed by atoms with Gasteiger partial charge in [0.25, 0.3) is 0 Å². The van der Waals surface area contributed by atoms with Crippen molar-refractivity contribution in [2.24, 2.45) is 11.8 Å². The number of nitrogens with zero attached hydrogens (tertiary/aromatic N) is 2. The van der Waals surface area contributed by atoms with E-state index in [9.17, 15) is 4.79 Å². The summed E-state index contributed by atoms with van der Waals surface area (Å²) in [5, 5.41) is 0. The van der Waals surface area contributed by atoms with Crippen molar-refractivity contribution in [2.75, 3.05) is 39.3 Å². The normalized spacial score (nSPS) is 22.0. The van der Waals surface area contributed by atoms with Crippen molar-refractivity contribution in [1.29, 1.82) is 0 Å². The van der Waals surface area contributed by atoms with Crippen molar-refractivity contribution in [2.45, 2.75) is 104 Å². The number of hydrogen-bond donors (Lipinski definition) is 0. The lowest BCUT2D eigenvalue weighted by molar-refractivity contribution is -0.153. The van der Waals surface area contributed by atoms with Crippen molar-refractivity contribution < 1.29 is 9.53 Å². The van der Waals surface area contributed by atoms with E-state index in [1.807, 2.05) is 0 Å². The molecule has 4 heteroatoms. The van der Waals surface area contributed by atoms with E-state index in [0.29, 0.717) is 5.91 Å². The highest BCUT2D eigenvalue weighted by atomic mass is 16.5. The Balaban J connectivity index is 1.71. The van der Waals surface area contributed by atoms with Crippen LogP contribution in [0.25, 0.3) is 0 Å². The van der Waals surface area contributed by atoms with E-state index in [-0.39, 0.29) is 11.5 Å². The zero-order valence-corrected chi connectivity index (χ0v) is 19.9. The first kappa shape index (κ1) is 24.7. The Morgan fingerprint density at radius 2 is 1.69 bits per heavy atom. The van der Waals surface area contributed by atoms with Crippen molar-refractivity contribution in [3.63, 3.8) is 0 Å². The van der Waals surface area contributed by atoms with Gasteiger partial charge in [-0.1, -0.05) is 66.2 Å². The molecule has 2 saturated heterocycles. The van der Waals surface area contributed by atoms with E-state index in [2.05, 4.69) is 37.5 Å². The predicted molar refractivity (Wildman–Crippen MR) is 122 cm³/mol. The maximum atomic E-state index is 12.8. The minimum Gasteiger partial charge on any atom is -0.372 e. The molecule has 2 unspecified atom stereocenters. The van der Waals surface area contributed by atoms with Crippen LogP contribution in [0.15, 0.2) is 0 Å². The smallest absolute Gasteiger partial charge is 0.225 e. The molecule has 0 radical (unpaired) electrons. The van der Waals surface area contributed by atoms with Gasteiger partial charge in [-0.3, -0.25) is 9.69 Å². The highest BCUT2D eigenvalue weighted by Crippen LogP contribution is 2.31. The summed E-state index contributed by atoms with van der Waals surface area (Å²) in [4.78, 5) is 17.6. The van der Waals surface area contributed by atoms with Crippen LogP contribution in [-0.4, -0.2) is 60.6 Å². The standard InChI is InChI=1S/C25H48N2O2/c1-5-7-8-9-13-23(4)24(28)27-17-14-25(15-18-27)21-26(19-20-29-25)16-10-12-22(3)11-6-2/h22-23H,5-21H2,1-4H3. The number of unbranched alkanes of at least 4 members (excludes halogenated alkanes) is 3. The van der Waals surface area contributed by atoms with Crippen molar-refractivity contribution >= 4 is 5.91 Å². The van der Waals surface area contributed by atoms with Gasteiger partial charge in [-0.2, -0.15) is 0 Å². The molecule has 1 spiro atoms. The molecule has 0 aliphatic carbocycles. The van der Waals surface area contributed by atoms with Crippen molar-refractivity contribution in [1.82, 2.24) is 9.80 Å². The van der Waals surface area contributed by atoms with Crippen LogP contribution in [0.5, 0.6) is 0 Å². The SMILES string of the molecule is CCCCCCC(C)C(=O)N1CCC2(CC1)CN(CCCC(C)CCC)CCO2. The second kappa shape index (κ2) is 12.9. The van der Waals surface area contributed by atoms with Gasteiger partial charge in [0.1, 0.15) is 0 Å². The monoisotopic (exact) mass is 408 g/mol. The molecule has 0 aromatic heterocycles. The average Bonchev–Trinajstić information content (AvgIpc) is 2.71. The number of carbonyl (C=O) groups excluding carboxylic acids is 1. The maximum Gasteiger partial charge on any atom is 0.225 e. The largest absolute Gasteiger partial charge is 0.372 e. The summed E-state index contributed by atoms with van der Waals surface area (Å²) in [6.07, 6.45) is 13.3. The van der Waals surface area contributed by atoms with Gasteiger partial charge in [-0.05, 0) is 44.6 Å². The molecule has 29 heavy (non-hydrogen) atoms.